The van der Waals surface area contributed by atoms with E-state index in [0.717, 1.165) is 10.1 Å². The first kappa shape index (κ1) is 18.9. The maximum atomic E-state index is 12.7. The number of anilines is 1. The number of nitrogen functional groups attached to an aromatic ring is 1. The summed E-state index contributed by atoms with van der Waals surface area (Å²) in [5.74, 6) is 0.0258. The fourth-order valence-electron chi connectivity index (χ4n) is 2.63. The summed E-state index contributed by atoms with van der Waals surface area (Å²) in [6.45, 7) is 1.74. The molecule has 0 radical (unpaired) electrons. The molecule has 6 nitrogen and oxygen atoms in total. The van der Waals surface area contributed by atoms with Gasteiger partial charge in [-0.15, -0.1) is 0 Å². The molecule has 0 amide bonds. The number of alkyl halides is 3. The van der Waals surface area contributed by atoms with Gasteiger partial charge in [0, 0.05) is 11.1 Å². The van der Waals surface area contributed by atoms with Crippen LogP contribution >= 0.6 is 11.8 Å². The number of imidazole rings is 1. The average molecular weight is 396 g/mol. The summed E-state index contributed by atoms with van der Waals surface area (Å²) in [6, 6.07) is 8.50. The smallest absolute Gasteiger partial charge is 0.446 e. The predicted octanol–water partition coefficient (Wildman–Crippen LogP) is 3.29. The molecule has 0 saturated carbocycles. The number of aromatic nitrogens is 3. The summed E-state index contributed by atoms with van der Waals surface area (Å²) >= 11 is -0.248. The van der Waals surface area contributed by atoms with Crippen molar-refractivity contribution < 1.29 is 18.3 Å². The second kappa shape index (κ2) is 7.03. The first-order valence-electron chi connectivity index (χ1n) is 7.73. The third kappa shape index (κ3) is 4.11. The van der Waals surface area contributed by atoms with E-state index in [9.17, 15) is 23.1 Å². The van der Waals surface area contributed by atoms with Gasteiger partial charge in [0.1, 0.15) is 5.82 Å². The second-order valence-electron chi connectivity index (χ2n) is 5.74. The Bertz CT molecular complexity index is 1030. The van der Waals surface area contributed by atoms with Crippen molar-refractivity contribution in [2.75, 3.05) is 5.73 Å². The number of thioether (sulfide) groups is 1. The Balaban J connectivity index is 1.96. The fourth-order valence-corrected chi connectivity index (χ4v) is 3.17. The van der Waals surface area contributed by atoms with E-state index in [2.05, 4.69) is 4.98 Å². The van der Waals surface area contributed by atoms with Crippen LogP contribution in [0, 0.1) is 6.92 Å². The van der Waals surface area contributed by atoms with E-state index >= 15 is 0 Å². The highest BCUT2D eigenvalue weighted by Crippen LogP contribution is 2.37. The van der Waals surface area contributed by atoms with Crippen LogP contribution in [0.1, 0.15) is 11.3 Å². The van der Waals surface area contributed by atoms with Crippen molar-refractivity contribution >= 4 is 17.6 Å². The number of pyridine rings is 1. The lowest BCUT2D eigenvalue weighted by Crippen LogP contribution is -2.24. The number of aromatic hydroxyl groups is 1. The van der Waals surface area contributed by atoms with Crippen LogP contribution in [0.4, 0.5) is 19.0 Å². The Morgan fingerprint density at radius 1 is 1.22 bits per heavy atom. The quantitative estimate of drug-likeness (QED) is 0.661. The van der Waals surface area contributed by atoms with Gasteiger partial charge in [-0.2, -0.15) is 13.2 Å². The van der Waals surface area contributed by atoms with E-state index in [-0.39, 0.29) is 34.8 Å². The van der Waals surface area contributed by atoms with Crippen molar-refractivity contribution in [1.29, 1.82) is 0 Å². The van der Waals surface area contributed by atoms with Gasteiger partial charge in [0.25, 0.3) is 0 Å². The minimum absolute atomic E-state index is 0.0118. The molecule has 0 atom stereocenters. The van der Waals surface area contributed by atoms with Gasteiger partial charge in [-0.05, 0) is 60.6 Å². The summed E-state index contributed by atoms with van der Waals surface area (Å²) in [5, 5.41) is 10.4. The van der Waals surface area contributed by atoms with Crippen LogP contribution in [0.5, 0.6) is 5.88 Å². The van der Waals surface area contributed by atoms with Gasteiger partial charge in [-0.3, -0.25) is 4.57 Å². The largest absolute Gasteiger partial charge is 0.493 e. The number of benzene rings is 1. The van der Waals surface area contributed by atoms with Crippen molar-refractivity contribution in [3.63, 3.8) is 0 Å². The van der Waals surface area contributed by atoms with Crippen LogP contribution < -0.4 is 11.4 Å². The van der Waals surface area contributed by atoms with E-state index in [0.29, 0.717) is 11.5 Å². The third-order valence-corrected chi connectivity index (χ3v) is 4.62. The van der Waals surface area contributed by atoms with Gasteiger partial charge in [-0.1, -0.05) is 0 Å². The average Bonchev–Trinajstić information content (AvgIpc) is 2.78. The standard InChI is InChI=1S/C17H15F3N4O2S/c1-10-15(25)24(12-2-4-13(5-3-12)27-17(18,19)20)16(26)23(10)9-11-6-7-22-14(21)8-11/h2-8,25H,9H2,1H3,(H2,21,22). The van der Waals surface area contributed by atoms with Crippen molar-refractivity contribution in [1.82, 2.24) is 14.1 Å². The summed E-state index contributed by atoms with van der Waals surface area (Å²) < 4.78 is 39.7. The molecule has 2 heterocycles. The molecule has 0 aliphatic carbocycles. The van der Waals surface area contributed by atoms with Crippen LogP contribution in [0.3, 0.4) is 0 Å². The number of hydrogen-bond donors (Lipinski definition) is 2. The van der Waals surface area contributed by atoms with Crippen LogP contribution in [-0.2, 0) is 6.54 Å². The molecule has 142 valence electrons. The van der Waals surface area contributed by atoms with Crippen LogP contribution in [0.15, 0.2) is 52.3 Å². The number of rotatable bonds is 4. The van der Waals surface area contributed by atoms with Crippen molar-refractivity contribution in [3.05, 3.63) is 64.3 Å². The Morgan fingerprint density at radius 2 is 1.89 bits per heavy atom. The van der Waals surface area contributed by atoms with Gasteiger partial charge >= 0.3 is 11.2 Å². The minimum Gasteiger partial charge on any atom is -0.493 e. The molecule has 3 N–H and O–H groups in total. The lowest BCUT2D eigenvalue weighted by atomic mass is 10.2. The Hall–Kier alpha value is -2.88. The molecule has 3 rings (SSSR count). The highest BCUT2D eigenvalue weighted by molar-refractivity contribution is 8.00. The Morgan fingerprint density at radius 3 is 2.48 bits per heavy atom. The Kier molecular flexibility index (Phi) is 4.92. The molecule has 2 aromatic heterocycles. The third-order valence-electron chi connectivity index (χ3n) is 3.88. The number of nitrogens with two attached hydrogens (primary N) is 1. The Labute approximate surface area is 156 Å². The zero-order valence-electron chi connectivity index (χ0n) is 14.1. The summed E-state index contributed by atoms with van der Waals surface area (Å²) in [5.41, 5.74) is 2.04. The molecule has 0 saturated heterocycles. The highest BCUT2D eigenvalue weighted by Gasteiger charge is 2.29. The van der Waals surface area contributed by atoms with Gasteiger partial charge in [0.15, 0.2) is 0 Å². The lowest BCUT2D eigenvalue weighted by molar-refractivity contribution is -0.0328. The van der Waals surface area contributed by atoms with E-state index in [4.69, 9.17) is 5.73 Å². The van der Waals surface area contributed by atoms with Gasteiger partial charge in [0.05, 0.1) is 17.9 Å². The molecule has 0 fully saturated rings. The zero-order valence-corrected chi connectivity index (χ0v) is 14.9. The first-order valence-corrected chi connectivity index (χ1v) is 8.55. The molecule has 0 aliphatic heterocycles. The van der Waals surface area contributed by atoms with Gasteiger partial charge < -0.3 is 10.8 Å². The molecule has 3 aromatic rings. The number of halogens is 3. The van der Waals surface area contributed by atoms with Crippen LogP contribution in [0.25, 0.3) is 5.69 Å². The van der Waals surface area contributed by atoms with Gasteiger partial charge in [-0.25, -0.2) is 14.3 Å². The van der Waals surface area contributed by atoms with Crippen LogP contribution in [-0.4, -0.2) is 24.7 Å². The molecule has 1 aromatic carbocycles. The summed E-state index contributed by atoms with van der Waals surface area (Å²) in [4.78, 5) is 16.6. The fraction of sp³-hybridized carbons (Fsp3) is 0.176. The molecule has 10 heteroatoms. The molecule has 27 heavy (non-hydrogen) atoms. The first-order chi connectivity index (χ1) is 12.7. The summed E-state index contributed by atoms with van der Waals surface area (Å²) in [6.07, 6.45) is 1.51. The number of hydrogen-bond acceptors (Lipinski definition) is 5. The van der Waals surface area contributed by atoms with Gasteiger partial charge in [0.2, 0.25) is 5.88 Å². The topological polar surface area (TPSA) is 86.1 Å². The molecule has 0 bridgehead atoms. The van der Waals surface area contributed by atoms with Crippen LogP contribution in [0.2, 0.25) is 0 Å². The van der Waals surface area contributed by atoms with Crippen molar-refractivity contribution in [2.24, 2.45) is 0 Å². The SMILES string of the molecule is Cc1c(O)n(-c2ccc(SC(F)(F)F)cc2)c(=O)n1Cc1ccnc(N)c1. The van der Waals surface area contributed by atoms with Crippen molar-refractivity contribution in [3.8, 4) is 11.6 Å². The molecule has 0 aliphatic rings. The molecular formula is C17H15F3N4O2S. The molecule has 0 spiro atoms. The zero-order chi connectivity index (χ0) is 19.8. The van der Waals surface area contributed by atoms with E-state index in [1.165, 1.54) is 35.0 Å². The maximum Gasteiger partial charge on any atom is 0.446 e. The van der Waals surface area contributed by atoms with E-state index in [1.807, 2.05) is 0 Å². The predicted molar refractivity (Wildman–Crippen MR) is 96.1 cm³/mol. The highest BCUT2D eigenvalue weighted by atomic mass is 32.2. The van der Waals surface area contributed by atoms with E-state index in [1.54, 1.807) is 19.1 Å². The maximum absolute atomic E-state index is 12.7. The molecule has 0 unspecified atom stereocenters. The monoisotopic (exact) mass is 396 g/mol. The minimum atomic E-state index is -4.40. The van der Waals surface area contributed by atoms with Crippen molar-refractivity contribution in [2.45, 2.75) is 23.9 Å². The molecular weight excluding hydrogens is 381 g/mol. The number of nitrogens with zero attached hydrogens (tertiary/aromatic N) is 3. The normalized spacial score (nSPS) is 11.7. The second-order valence-corrected chi connectivity index (χ2v) is 6.88. The lowest BCUT2D eigenvalue weighted by Gasteiger charge is -2.07. The summed E-state index contributed by atoms with van der Waals surface area (Å²) in [7, 11) is 0. The van der Waals surface area contributed by atoms with E-state index < -0.39 is 11.2 Å².